The molecule has 1 saturated heterocycles. The van der Waals surface area contributed by atoms with E-state index in [0.717, 1.165) is 24.7 Å². The molecule has 0 atom stereocenters. The molecule has 2 heterocycles. The molecule has 4 nitrogen and oxygen atoms in total. The Balaban J connectivity index is 1.89. The summed E-state index contributed by atoms with van der Waals surface area (Å²) in [7, 11) is 0. The number of nitrogens with zero attached hydrogens (tertiary/aromatic N) is 4. The molecule has 1 aliphatic heterocycles. The molecule has 3 rings (SSSR count). The van der Waals surface area contributed by atoms with Crippen molar-refractivity contribution in [3.63, 3.8) is 0 Å². The molecular formula is C14H18N4. The molecule has 0 N–H and O–H groups in total. The van der Waals surface area contributed by atoms with Crippen molar-refractivity contribution in [2.45, 2.75) is 44.4 Å². The highest BCUT2D eigenvalue weighted by Crippen LogP contribution is 2.39. The first-order chi connectivity index (χ1) is 8.86. The molecule has 4 heteroatoms. The van der Waals surface area contributed by atoms with Crippen LogP contribution in [0.15, 0.2) is 6.07 Å². The van der Waals surface area contributed by atoms with Crippen LogP contribution in [0.25, 0.3) is 0 Å². The monoisotopic (exact) mass is 242 g/mol. The second-order valence-corrected chi connectivity index (χ2v) is 5.27. The van der Waals surface area contributed by atoms with Crippen molar-refractivity contribution in [2.75, 3.05) is 18.0 Å². The van der Waals surface area contributed by atoms with Crippen molar-refractivity contribution >= 4 is 5.95 Å². The Hall–Kier alpha value is -1.63. The number of hydrogen-bond donors (Lipinski definition) is 0. The van der Waals surface area contributed by atoms with Crippen molar-refractivity contribution < 1.29 is 0 Å². The van der Waals surface area contributed by atoms with Crippen molar-refractivity contribution in [1.29, 1.82) is 5.26 Å². The van der Waals surface area contributed by atoms with E-state index in [0.29, 0.717) is 11.6 Å². The predicted molar refractivity (Wildman–Crippen MR) is 69.4 cm³/mol. The molecule has 1 aliphatic carbocycles. The molecule has 1 aromatic heterocycles. The third-order valence-electron chi connectivity index (χ3n) is 3.73. The second-order valence-electron chi connectivity index (χ2n) is 5.27. The fourth-order valence-corrected chi connectivity index (χ4v) is 2.51. The van der Waals surface area contributed by atoms with E-state index in [1.807, 2.05) is 6.07 Å². The van der Waals surface area contributed by atoms with Gasteiger partial charge in [0, 0.05) is 19.0 Å². The van der Waals surface area contributed by atoms with Gasteiger partial charge in [-0.3, -0.25) is 0 Å². The molecule has 0 bridgehead atoms. The van der Waals surface area contributed by atoms with E-state index >= 15 is 0 Å². The van der Waals surface area contributed by atoms with Crippen LogP contribution in [-0.2, 0) is 0 Å². The Kier molecular flexibility index (Phi) is 3.14. The number of aromatic nitrogens is 2. The summed E-state index contributed by atoms with van der Waals surface area (Å²) in [6.45, 7) is 2.05. The average molecular weight is 242 g/mol. The van der Waals surface area contributed by atoms with Gasteiger partial charge in [-0.2, -0.15) is 5.26 Å². The van der Waals surface area contributed by atoms with Crippen LogP contribution in [0.5, 0.6) is 0 Å². The van der Waals surface area contributed by atoms with Crippen LogP contribution in [0.3, 0.4) is 0 Å². The molecule has 18 heavy (non-hydrogen) atoms. The van der Waals surface area contributed by atoms with Gasteiger partial charge < -0.3 is 4.90 Å². The molecule has 1 aromatic rings. The first kappa shape index (κ1) is 11.5. The highest BCUT2D eigenvalue weighted by Gasteiger charge is 2.27. The summed E-state index contributed by atoms with van der Waals surface area (Å²) in [5.74, 6) is 1.35. The van der Waals surface area contributed by atoms with E-state index in [2.05, 4.69) is 20.9 Å². The lowest BCUT2D eigenvalue weighted by atomic mass is 10.2. The van der Waals surface area contributed by atoms with E-state index in [4.69, 9.17) is 5.26 Å². The lowest BCUT2D eigenvalue weighted by molar-refractivity contribution is 0.726. The van der Waals surface area contributed by atoms with Crippen molar-refractivity contribution in [2.24, 2.45) is 0 Å². The Bertz CT molecular complexity index is 465. The van der Waals surface area contributed by atoms with Gasteiger partial charge in [0.1, 0.15) is 11.8 Å². The maximum absolute atomic E-state index is 9.08. The summed E-state index contributed by atoms with van der Waals surface area (Å²) in [6.07, 6.45) is 7.42. The number of hydrogen-bond acceptors (Lipinski definition) is 4. The highest BCUT2D eigenvalue weighted by molar-refractivity contribution is 5.38. The lowest BCUT2D eigenvalue weighted by Gasteiger charge is -2.20. The predicted octanol–water partition coefficient (Wildman–Crippen LogP) is 2.61. The summed E-state index contributed by atoms with van der Waals surface area (Å²) in [5.41, 5.74) is 1.59. The molecular weight excluding hydrogens is 224 g/mol. The van der Waals surface area contributed by atoms with E-state index in [1.54, 1.807) is 0 Å². The summed E-state index contributed by atoms with van der Waals surface area (Å²) in [5, 5.41) is 9.08. The van der Waals surface area contributed by atoms with Crippen molar-refractivity contribution in [3.05, 3.63) is 17.5 Å². The Morgan fingerprint density at radius 1 is 1.11 bits per heavy atom. The fourth-order valence-electron chi connectivity index (χ4n) is 2.51. The molecule has 0 amide bonds. The molecule has 2 aliphatic rings. The maximum atomic E-state index is 9.08. The van der Waals surface area contributed by atoms with Gasteiger partial charge in [0.2, 0.25) is 5.95 Å². The third kappa shape index (κ3) is 2.45. The highest BCUT2D eigenvalue weighted by atomic mass is 15.2. The summed E-state index contributed by atoms with van der Waals surface area (Å²) >= 11 is 0. The summed E-state index contributed by atoms with van der Waals surface area (Å²) in [4.78, 5) is 11.3. The zero-order valence-electron chi connectivity index (χ0n) is 10.6. The molecule has 0 radical (unpaired) electrons. The molecule has 94 valence electrons. The van der Waals surface area contributed by atoms with Gasteiger partial charge in [-0.1, -0.05) is 12.8 Å². The molecule has 0 spiro atoms. The average Bonchev–Trinajstić information content (AvgIpc) is 3.24. The van der Waals surface area contributed by atoms with Crippen LogP contribution in [0.1, 0.15) is 55.8 Å². The molecule has 2 fully saturated rings. The number of rotatable bonds is 2. The van der Waals surface area contributed by atoms with Gasteiger partial charge in [-0.25, -0.2) is 9.97 Å². The van der Waals surface area contributed by atoms with Crippen molar-refractivity contribution in [1.82, 2.24) is 9.97 Å². The van der Waals surface area contributed by atoms with E-state index in [-0.39, 0.29) is 0 Å². The fraction of sp³-hybridized carbons (Fsp3) is 0.643. The van der Waals surface area contributed by atoms with E-state index < -0.39 is 0 Å². The standard InChI is InChI=1S/C14H18N4/c15-10-12-9-13(11-5-6-11)17-14(16-12)18-7-3-1-2-4-8-18/h9,11H,1-8H2. The van der Waals surface area contributed by atoms with Gasteiger partial charge in [0.25, 0.3) is 0 Å². The largest absolute Gasteiger partial charge is 0.341 e. The number of anilines is 1. The summed E-state index contributed by atoms with van der Waals surface area (Å²) in [6, 6.07) is 4.03. The third-order valence-corrected chi connectivity index (χ3v) is 3.73. The zero-order chi connectivity index (χ0) is 12.4. The van der Waals surface area contributed by atoms with Gasteiger partial charge in [-0.15, -0.1) is 0 Å². The normalized spacial score (nSPS) is 20.3. The van der Waals surface area contributed by atoms with Crippen LogP contribution in [-0.4, -0.2) is 23.1 Å². The van der Waals surface area contributed by atoms with Gasteiger partial charge >= 0.3 is 0 Å². The molecule has 1 saturated carbocycles. The van der Waals surface area contributed by atoms with Crippen LogP contribution >= 0.6 is 0 Å². The zero-order valence-corrected chi connectivity index (χ0v) is 10.6. The van der Waals surface area contributed by atoms with E-state index in [9.17, 15) is 0 Å². The van der Waals surface area contributed by atoms with Gasteiger partial charge in [-0.05, 0) is 31.7 Å². The topological polar surface area (TPSA) is 52.8 Å². The minimum atomic E-state index is 0.520. The van der Waals surface area contributed by atoms with Crippen LogP contribution in [0.2, 0.25) is 0 Å². The Labute approximate surface area is 108 Å². The first-order valence-electron chi connectivity index (χ1n) is 6.91. The molecule has 0 aromatic carbocycles. The summed E-state index contributed by atoms with van der Waals surface area (Å²) < 4.78 is 0. The van der Waals surface area contributed by atoms with Gasteiger partial charge in [0.05, 0.1) is 5.69 Å². The maximum Gasteiger partial charge on any atom is 0.226 e. The van der Waals surface area contributed by atoms with E-state index in [1.165, 1.54) is 38.5 Å². The number of nitriles is 1. The minimum Gasteiger partial charge on any atom is -0.341 e. The Morgan fingerprint density at radius 3 is 2.44 bits per heavy atom. The second kappa shape index (κ2) is 4.93. The first-order valence-corrected chi connectivity index (χ1v) is 6.91. The van der Waals surface area contributed by atoms with Crippen LogP contribution in [0, 0.1) is 11.3 Å². The Morgan fingerprint density at radius 2 is 1.83 bits per heavy atom. The van der Waals surface area contributed by atoms with Crippen LogP contribution < -0.4 is 4.90 Å². The SMILES string of the molecule is N#Cc1cc(C2CC2)nc(N2CCCCCC2)n1. The van der Waals surface area contributed by atoms with Gasteiger partial charge in [0.15, 0.2) is 0 Å². The lowest BCUT2D eigenvalue weighted by Crippen LogP contribution is -2.26. The smallest absolute Gasteiger partial charge is 0.226 e. The molecule has 0 unspecified atom stereocenters. The van der Waals surface area contributed by atoms with Crippen molar-refractivity contribution in [3.8, 4) is 6.07 Å². The van der Waals surface area contributed by atoms with Crippen LogP contribution in [0.4, 0.5) is 5.95 Å². The quantitative estimate of drug-likeness (QED) is 0.800. The minimum absolute atomic E-state index is 0.520.